The Kier molecular flexibility index (Phi) is 7.98. The van der Waals surface area contributed by atoms with E-state index in [1.165, 1.54) is 0 Å². The first-order chi connectivity index (χ1) is 10.7. The Morgan fingerprint density at radius 3 is 2.13 bits per heavy atom. The summed E-state index contributed by atoms with van der Waals surface area (Å²) in [5.41, 5.74) is 2.08. The Balaban J connectivity index is 0.00000264. The molecule has 2 aromatic rings. The molecule has 23 heavy (non-hydrogen) atoms. The zero-order valence-corrected chi connectivity index (χ0v) is 14.2. The average molecular weight is 336 g/mol. The SMILES string of the molecule is COc1cccc(CCNC(=O)Cc2cccc(OC)c2)c1.Cl. The predicted octanol–water partition coefficient (Wildman–Crippen LogP) is 3.03. The van der Waals surface area contributed by atoms with Gasteiger partial charge >= 0.3 is 0 Å². The van der Waals surface area contributed by atoms with Gasteiger partial charge < -0.3 is 14.8 Å². The summed E-state index contributed by atoms with van der Waals surface area (Å²) in [5.74, 6) is 1.61. The Labute approximate surface area is 143 Å². The largest absolute Gasteiger partial charge is 0.497 e. The van der Waals surface area contributed by atoms with Gasteiger partial charge in [0.1, 0.15) is 11.5 Å². The Morgan fingerprint density at radius 1 is 0.957 bits per heavy atom. The van der Waals surface area contributed by atoms with Crippen LogP contribution in [0.25, 0.3) is 0 Å². The smallest absolute Gasteiger partial charge is 0.224 e. The number of hydrogen-bond acceptors (Lipinski definition) is 3. The van der Waals surface area contributed by atoms with Gasteiger partial charge in [-0.15, -0.1) is 12.4 Å². The molecular weight excluding hydrogens is 314 g/mol. The highest BCUT2D eigenvalue weighted by Crippen LogP contribution is 2.13. The van der Waals surface area contributed by atoms with Crippen molar-refractivity contribution in [3.63, 3.8) is 0 Å². The van der Waals surface area contributed by atoms with Crippen LogP contribution in [-0.2, 0) is 17.6 Å². The summed E-state index contributed by atoms with van der Waals surface area (Å²) in [6.45, 7) is 0.607. The van der Waals surface area contributed by atoms with E-state index >= 15 is 0 Å². The van der Waals surface area contributed by atoms with Crippen molar-refractivity contribution in [2.24, 2.45) is 0 Å². The fourth-order valence-corrected chi connectivity index (χ4v) is 2.20. The van der Waals surface area contributed by atoms with E-state index in [9.17, 15) is 4.79 Å². The number of amides is 1. The van der Waals surface area contributed by atoms with Crippen LogP contribution >= 0.6 is 12.4 Å². The number of methoxy groups -OCH3 is 2. The average Bonchev–Trinajstić information content (AvgIpc) is 2.55. The molecule has 0 heterocycles. The molecule has 0 aromatic heterocycles. The van der Waals surface area contributed by atoms with E-state index in [1.807, 2.05) is 48.5 Å². The van der Waals surface area contributed by atoms with Crippen molar-refractivity contribution in [2.45, 2.75) is 12.8 Å². The van der Waals surface area contributed by atoms with Crippen LogP contribution in [0.15, 0.2) is 48.5 Å². The lowest BCUT2D eigenvalue weighted by atomic mass is 10.1. The third-order valence-electron chi connectivity index (χ3n) is 3.37. The first kappa shape index (κ1) is 18.8. The molecule has 0 aliphatic carbocycles. The van der Waals surface area contributed by atoms with Crippen LogP contribution in [0.2, 0.25) is 0 Å². The number of carbonyl (C=O) groups excluding carboxylic acids is 1. The predicted molar refractivity (Wildman–Crippen MR) is 93.7 cm³/mol. The van der Waals surface area contributed by atoms with Crippen LogP contribution in [0.1, 0.15) is 11.1 Å². The molecule has 0 radical (unpaired) electrons. The van der Waals surface area contributed by atoms with Crippen molar-refractivity contribution in [2.75, 3.05) is 20.8 Å². The molecule has 1 amide bonds. The van der Waals surface area contributed by atoms with E-state index in [4.69, 9.17) is 9.47 Å². The number of hydrogen-bond donors (Lipinski definition) is 1. The number of nitrogens with one attached hydrogen (secondary N) is 1. The third kappa shape index (κ3) is 6.20. The van der Waals surface area contributed by atoms with E-state index in [-0.39, 0.29) is 18.3 Å². The van der Waals surface area contributed by atoms with Crippen LogP contribution in [0.3, 0.4) is 0 Å². The fourth-order valence-electron chi connectivity index (χ4n) is 2.20. The van der Waals surface area contributed by atoms with Gasteiger partial charge in [-0.25, -0.2) is 0 Å². The molecule has 2 aromatic carbocycles. The molecular formula is C18H22ClNO3. The lowest BCUT2D eigenvalue weighted by Crippen LogP contribution is -2.27. The summed E-state index contributed by atoms with van der Waals surface area (Å²) in [6, 6.07) is 15.4. The van der Waals surface area contributed by atoms with E-state index < -0.39 is 0 Å². The highest BCUT2D eigenvalue weighted by atomic mass is 35.5. The molecule has 124 valence electrons. The molecule has 5 heteroatoms. The van der Waals surface area contributed by atoms with Crippen LogP contribution in [0.4, 0.5) is 0 Å². The third-order valence-corrected chi connectivity index (χ3v) is 3.37. The molecule has 0 atom stereocenters. The van der Waals surface area contributed by atoms with E-state index in [0.717, 1.165) is 29.0 Å². The summed E-state index contributed by atoms with van der Waals surface area (Å²) < 4.78 is 10.3. The Hall–Kier alpha value is -2.20. The Bertz CT molecular complexity index is 631. The van der Waals surface area contributed by atoms with E-state index in [1.54, 1.807) is 14.2 Å². The molecule has 0 unspecified atom stereocenters. The number of carbonyl (C=O) groups is 1. The zero-order chi connectivity index (χ0) is 15.8. The van der Waals surface area contributed by atoms with Gasteiger partial charge in [0.25, 0.3) is 0 Å². The minimum Gasteiger partial charge on any atom is -0.497 e. The quantitative estimate of drug-likeness (QED) is 0.846. The fraction of sp³-hybridized carbons (Fsp3) is 0.278. The first-order valence-electron chi connectivity index (χ1n) is 7.24. The van der Waals surface area contributed by atoms with Gasteiger partial charge in [-0.05, 0) is 41.8 Å². The topological polar surface area (TPSA) is 47.6 Å². The summed E-state index contributed by atoms with van der Waals surface area (Å²) in [6.07, 6.45) is 1.14. The van der Waals surface area contributed by atoms with Crippen molar-refractivity contribution in [1.82, 2.24) is 5.32 Å². The molecule has 0 saturated heterocycles. The van der Waals surface area contributed by atoms with Crippen LogP contribution < -0.4 is 14.8 Å². The Morgan fingerprint density at radius 2 is 1.52 bits per heavy atom. The summed E-state index contributed by atoms with van der Waals surface area (Å²) >= 11 is 0. The van der Waals surface area contributed by atoms with Crippen LogP contribution in [-0.4, -0.2) is 26.7 Å². The standard InChI is InChI=1S/C18H21NO3.ClH/c1-21-16-7-3-5-14(11-16)9-10-19-18(20)13-15-6-4-8-17(12-15)22-2;/h3-8,11-12H,9-10,13H2,1-2H3,(H,19,20);1H. The molecule has 0 aliphatic heterocycles. The van der Waals surface area contributed by atoms with Crippen molar-refractivity contribution < 1.29 is 14.3 Å². The summed E-state index contributed by atoms with van der Waals surface area (Å²) in [4.78, 5) is 11.9. The van der Waals surface area contributed by atoms with Gasteiger partial charge in [0, 0.05) is 6.54 Å². The molecule has 0 bridgehead atoms. The van der Waals surface area contributed by atoms with Gasteiger partial charge in [0.2, 0.25) is 5.91 Å². The second-order valence-electron chi connectivity index (χ2n) is 4.98. The van der Waals surface area contributed by atoms with Crippen molar-refractivity contribution in [1.29, 1.82) is 0 Å². The molecule has 1 N–H and O–H groups in total. The highest BCUT2D eigenvalue weighted by molar-refractivity contribution is 5.85. The highest BCUT2D eigenvalue weighted by Gasteiger charge is 2.04. The van der Waals surface area contributed by atoms with Gasteiger partial charge in [0.15, 0.2) is 0 Å². The minimum absolute atomic E-state index is 0. The van der Waals surface area contributed by atoms with Crippen molar-refractivity contribution in [3.8, 4) is 11.5 Å². The number of benzene rings is 2. The van der Waals surface area contributed by atoms with E-state index in [2.05, 4.69) is 5.32 Å². The van der Waals surface area contributed by atoms with Gasteiger partial charge in [-0.3, -0.25) is 4.79 Å². The monoisotopic (exact) mass is 335 g/mol. The summed E-state index contributed by atoms with van der Waals surface area (Å²) in [5, 5.41) is 2.93. The number of rotatable bonds is 7. The van der Waals surface area contributed by atoms with Crippen LogP contribution in [0.5, 0.6) is 11.5 Å². The van der Waals surface area contributed by atoms with Crippen molar-refractivity contribution in [3.05, 3.63) is 59.7 Å². The van der Waals surface area contributed by atoms with Gasteiger partial charge in [0.05, 0.1) is 20.6 Å². The maximum Gasteiger partial charge on any atom is 0.224 e. The second kappa shape index (κ2) is 9.74. The first-order valence-corrected chi connectivity index (χ1v) is 7.24. The molecule has 0 fully saturated rings. The summed E-state index contributed by atoms with van der Waals surface area (Å²) in [7, 11) is 3.27. The van der Waals surface area contributed by atoms with Crippen molar-refractivity contribution >= 4 is 18.3 Å². The molecule has 0 aliphatic rings. The van der Waals surface area contributed by atoms with Crippen LogP contribution in [0, 0.1) is 0 Å². The molecule has 0 saturated carbocycles. The van der Waals surface area contributed by atoms with Gasteiger partial charge in [-0.2, -0.15) is 0 Å². The number of ether oxygens (including phenoxy) is 2. The molecule has 0 spiro atoms. The maximum absolute atomic E-state index is 11.9. The van der Waals surface area contributed by atoms with E-state index in [0.29, 0.717) is 13.0 Å². The normalized spacial score (nSPS) is 9.65. The minimum atomic E-state index is 0. The second-order valence-corrected chi connectivity index (χ2v) is 4.98. The maximum atomic E-state index is 11.9. The lowest BCUT2D eigenvalue weighted by molar-refractivity contribution is -0.120. The number of halogens is 1. The molecule has 4 nitrogen and oxygen atoms in total. The van der Waals surface area contributed by atoms with Gasteiger partial charge in [-0.1, -0.05) is 24.3 Å². The molecule has 2 rings (SSSR count). The lowest BCUT2D eigenvalue weighted by Gasteiger charge is -2.07. The zero-order valence-electron chi connectivity index (χ0n) is 13.4.